The zero-order chi connectivity index (χ0) is 28.4. The average Bonchev–Trinajstić information content (AvgIpc) is 3.25. The third-order valence-electron chi connectivity index (χ3n) is 6.70. The van der Waals surface area contributed by atoms with Crippen LogP contribution in [-0.4, -0.2) is 38.9 Å². The molecule has 40 heavy (non-hydrogen) atoms. The molecule has 1 aromatic heterocycles. The number of alkyl halides is 2. The van der Waals surface area contributed by atoms with Crippen molar-refractivity contribution in [1.82, 2.24) is 14.0 Å². The molecule has 0 aliphatic carbocycles. The van der Waals surface area contributed by atoms with Gasteiger partial charge in [-0.2, -0.15) is 8.78 Å². The van der Waals surface area contributed by atoms with Crippen LogP contribution in [0.4, 0.5) is 8.78 Å². The molecule has 0 saturated carbocycles. The second-order valence-corrected chi connectivity index (χ2v) is 10.0. The Morgan fingerprint density at radius 2 is 1.65 bits per heavy atom. The first-order valence-corrected chi connectivity index (χ1v) is 13.2. The second kappa shape index (κ2) is 11.7. The molecule has 1 amide bonds. The molecule has 7 nitrogen and oxygen atoms in total. The minimum absolute atomic E-state index is 0.0142. The molecule has 4 aromatic rings. The van der Waals surface area contributed by atoms with Crippen LogP contribution in [-0.2, 0) is 19.5 Å². The topological polar surface area (TPSA) is 73.5 Å². The number of fused-ring (bicyclic) bond motifs is 1. The number of hydrogen-bond acceptors (Lipinski definition) is 4. The Hall–Kier alpha value is -3.95. The third-order valence-corrected chi connectivity index (χ3v) is 7.44. The second-order valence-electron chi connectivity index (χ2n) is 9.20. The zero-order valence-corrected chi connectivity index (χ0v) is 22.5. The molecule has 0 N–H and O–H groups in total. The van der Waals surface area contributed by atoms with E-state index in [2.05, 4.69) is 4.74 Å². The van der Waals surface area contributed by atoms with Gasteiger partial charge in [-0.1, -0.05) is 53.5 Å². The van der Waals surface area contributed by atoms with E-state index in [9.17, 15) is 23.2 Å². The summed E-state index contributed by atoms with van der Waals surface area (Å²) in [5.74, 6) is -0.682. The molecule has 0 radical (unpaired) electrons. The summed E-state index contributed by atoms with van der Waals surface area (Å²) in [7, 11) is 0. The third kappa shape index (κ3) is 5.66. The van der Waals surface area contributed by atoms with Crippen LogP contribution in [0.15, 0.2) is 77.6 Å². The van der Waals surface area contributed by atoms with Crippen molar-refractivity contribution in [2.24, 2.45) is 0 Å². The van der Waals surface area contributed by atoms with Crippen LogP contribution in [0, 0.1) is 0 Å². The average molecular weight is 586 g/mol. The Labute approximate surface area is 238 Å². The number of aryl methyl sites for hydroxylation is 1. The van der Waals surface area contributed by atoms with E-state index in [0.29, 0.717) is 28.4 Å². The first-order chi connectivity index (χ1) is 19.2. The van der Waals surface area contributed by atoms with Crippen molar-refractivity contribution in [3.8, 4) is 11.4 Å². The number of halogens is 4. The predicted molar refractivity (Wildman–Crippen MR) is 147 cm³/mol. The minimum atomic E-state index is -3.00. The van der Waals surface area contributed by atoms with Crippen LogP contribution in [0.1, 0.15) is 38.5 Å². The first kappa shape index (κ1) is 27.6. The van der Waals surface area contributed by atoms with Crippen molar-refractivity contribution in [3.05, 3.63) is 116 Å². The summed E-state index contributed by atoms with van der Waals surface area (Å²) < 4.78 is 32.5. The minimum Gasteiger partial charge on any atom is -0.435 e. The number of imidazole rings is 1. The van der Waals surface area contributed by atoms with Crippen LogP contribution in [0.25, 0.3) is 5.69 Å². The first-order valence-electron chi connectivity index (χ1n) is 12.4. The molecular formula is C29H23Cl2F2N3O4. The van der Waals surface area contributed by atoms with Gasteiger partial charge in [-0.3, -0.25) is 18.7 Å². The van der Waals surface area contributed by atoms with Crippen LogP contribution in [0.5, 0.6) is 5.75 Å². The Balaban J connectivity index is 1.53. The van der Waals surface area contributed by atoms with Crippen LogP contribution in [0.3, 0.4) is 0 Å². The van der Waals surface area contributed by atoms with Gasteiger partial charge in [0.2, 0.25) is 0 Å². The summed E-state index contributed by atoms with van der Waals surface area (Å²) in [5, 5.41) is 0.558. The highest BCUT2D eigenvalue weighted by atomic mass is 35.5. The molecule has 0 atom stereocenters. The van der Waals surface area contributed by atoms with Gasteiger partial charge >= 0.3 is 12.3 Å². The van der Waals surface area contributed by atoms with E-state index in [1.54, 1.807) is 11.0 Å². The largest absolute Gasteiger partial charge is 0.435 e. The van der Waals surface area contributed by atoms with Gasteiger partial charge in [0.1, 0.15) is 11.4 Å². The van der Waals surface area contributed by atoms with Crippen LogP contribution >= 0.6 is 23.2 Å². The van der Waals surface area contributed by atoms with Gasteiger partial charge in [0.15, 0.2) is 5.78 Å². The fourth-order valence-electron chi connectivity index (χ4n) is 4.77. The van der Waals surface area contributed by atoms with Gasteiger partial charge in [-0.05, 0) is 54.4 Å². The number of carbonyl (C=O) groups excluding carboxylic acids is 2. The number of nitrogens with zero attached hydrogens (tertiary/aromatic N) is 3. The maximum atomic E-state index is 13.7. The van der Waals surface area contributed by atoms with Crippen molar-refractivity contribution >= 4 is 34.9 Å². The molecule has 1 aliphatic heterocycles. The number of ketones is 1. The number of ether oxygens (including phenoxy) is 1. The number of amides is 1. The number of aromatic nitrogens is 2. The number of rotatable bonds is 8. The zero-order valence-electron chi connectivity index (χ0n) is 21.0. The Morgan fingerprint density at radius 3 is 2.33 bits per heavy atom. The summed E-state index contributed by atoms with van der Waals surface area (Å²) in [5.41, 5.74) is 1.70. The van der Waals surface area contributed by atoms with Gasteiger partial charge < -0.3 is 9.64 Å². The van der Waals surface area contributed by atoms with Gasteiger partial charge in [-0.15, -0.1) is 0 Å². The van der Waals surface area contributed by atoms with Crippen molar-refractivity contribution in [2.45, 2.75) is 32.5 Å². The number of Topliss-reactive ketones (excluding diaryl/α,β-unsaturated/α-hetero) is 1. The summed E-state index contributed by atoms with van der Waals surface area (Å²) in [6.07, 6.45) is 0.569. The van der Waals surface area contributed by atoms with Crippen molar-refractivity contribution < 1.29 is 23.1 Å². The van der Waals surface area contributed by atoms with Gasteiger partial charge in [0, 0.05) is 25.1 Å². The lowest BCUT2D eigenvalue weighted by Gasteiger charge is -2.28. The monoisotopic (exact) mass is 585 g/mol. The molecule has 3 aromatic carbocycles. The summed E-state index contributed by atoms with van der Waals surface area (Å²) in [6, 6.07) is 19.6. The molecule has 0 saturated heterocycles. The maximum Gasteiger partial charge on any atom is 0.387 e. The van der Waals surface area contributed by atoms with Crippen LogP contribution < -0.4 is 10.4 Å². The van der Waals surface area contributed by atoms with E-state index in [1.807, 2.05) is 30.3 Å². The predicted octanol–water partition coefficient (Wildman–Crippen LogP) is 6.02. The molecule has 0 bridgehead atoms. The molecule has 206 valence electrons. The molecular weight excluding hydrogens is 563 g/mol. The molecule has 0 unspecified atom stereocenters. The number of carbonyl (C=O) groups is 2. The van der Waals surface area contributed by atoms with E-state index in [0.717, 1.165) is 5.56 Å². The smallest absolute Gasteiger partial charge is 0.387 e. The maximum absolute atomic E-state index is 13.7. The Bertz CT molecular complexity index is 1620. The molecule has 0 spiro atoms. The molecule has 1 aliphatic rings. The lowest BCUT2D eigenvalue weighted by molar-refractivity contribution is -0.0498. The highest BCUT2D eigenvalue weighted by molar-refractivity contribution is 6.42. The highest BCUT2D eigenvalue weighted by Gasteiger charge is 2.32. The standard InChI is InChI=1S/C29H23Cl2F2N3O4/c30-22-12-7-19(16-23(22)31)27(38)34-14-15-35-24(17-34)26(25(37)13-6-18-4-2-1-3-5-18)36(29(35)39)20-8-10-21(11-9-20)40-28(32)33/h1-5,7-12,16,28H,6,13-15,17H2. The highest BCUT2D eigenvalue weighted by Crippen LogP contribution is 2.27. The van der Waals surface area contributed by atoms with E-state index >= 15 is 0 Å². The SMILES string of the molecule is O=C(CCc1ccccc1)c1c2n(c(=O)n1-c1ccc(OC(F)F)cc1)CCN(C(=O)c1ccc(Cl)c(Cl)c1)C2. The van der Waals surface area contributed by atoms with E-state index in [4.69, 9.17) is 23.2 Å². The number of hydrogen-bond donors (Lipinski definition) is 0. The summed E-state index contributed by atoms with van der Waals surface area (Å²) >= 11 is 12.1. The molecule has 11 heteroatoms. The fourth-order valence-corrected chi connectivity index (χ4v) is 5.07. The van der Waals surface area contributed by atoms with E-state index < -0.39 is 12.3 Å². The fraction of sp³-hybridized carbons (Fsp3) is 0.207. The lowest BCUT2D eigenvalue weighted by atomic mass is 10.0. The van der Waals surface area contributed by atoms with Crippen molar-refractivity contribution in [1.29, 1.82) is 0 Å². The Kier molecular flexibility index (Phi) is 8.04. The van der Waals surface area contributed by atoms with Crippen molar-refractivity contribution in [3.63, 3.8) is 0 Å². The molecule has 0 fully saturated rings. The Morgan fingerprint density at radius 1 is 0.925 bits per heavy atom. The van der Waals surface area contributed by atoms with E-state index in [-0.39, 0.29) is 54.2 Å². The lowest BCUT2D eigenvalue weighted by Crippen LogP contribution is -2.41. The summed E-state index contributed by atoms with van der Waals surface area (Å²) in [6.45, 7) is -2.58. The van der Waals surface area contributed by atoms with Gasteiger partial charge in [0.25, 0.3) is 5.91 Å². The molecule has 5 rings (SSSR count). The van der Waals surface area contributed by atoms with Gasteiger partial charge in [0.05, 0.1) is 28.0 Å². The van der Waals surface area contributed by atoms with Crippen LogP contribution in [0.2, 0.25) is 10.0 Å². The normalized spacial score (nSPS) is 12.9. The van der Waals surface area contributed by atoms with E-state index in [1.165, 1.54) is 45.5 Å². The quantitative estimate of drug-likeness (QED) is 0.237. The number of benzene rings is 3. The van der Waals surface area contributed by atoms with Gasteiger partial charge in [-0.25, -0.2) is 4.79 Å². The molecule has 2 heterocycles. The van der Waals surface area contributed by atoms with Crippen molar-refractivity contribution in [2.75, 3.05) is 6.54 Å². The summed E-state index contributed by atoms with van der Waals surface area (Å²) in [4.78, 5) is 42.2.